The van der Waals surface area contributed by atoms with E-state index in [1.807, 2.05) is 36.4 Å². The van der Waals surface area contributed by atoms with Crippen molar-refractivity contribution in [2.24, 2.45) is 0 Å². The fourth-order valence-electron chi connectivity index (χ4n) is 2.43. The normalized spacial score (nSPS) is 10.3. The first-order chi connectivity index (χ1) is 11.2. The number of nitrogens with zero attached hydrogens (tertiary/aromatic N) is 1. The first-order valence-electron chi connectivity index (χ1n) is 7.29. The molecule has 0 spiro atoms. The van der Waals surface area contributed by atoms with E-state index in [-0.39, 0.29) is 5.56 Å². The van der Waals surface area contributed by atoms with Crippen LogP contribution in [0.5, 0.6) is 0 Å². The summed E-state index contributed by atoms with van der Waals surface area (Å²) in [6.45, 7) is 0. The summed E-state index contributed by atoms with van der Waals surface area (Å²) in [6, 6.07) is 19.6. The van der Waals surface area contributed by atoms with Crippen LogP contribution in [0, 0.1) is 0 Å². The first kappa shape index (κ1) is 14.8. The Bertz CT molecular complexity index is 816. The number of aromatic carboxylic acids is 1. The molecule has 2 N–H and O–H groups in total. The predicted octanol–water partition coefficient (Wildman–Crippen LogP) is 4.11. The van der Waals surface area contributed by atoms with Gasteiger partial charge in [0.15, 0.2) is 0 Å². The van der Waals surface area contributed by atoms with E-state index in [0.29, 0.717) is 5.69 Å². The fraction of sp³-hybridized carbons (Fsp3) is 0.0526. The van der Waals surface area contributed by atoms with Crippen molar-refractivity contribution in [3.63, 3.8) is 0 Å². The average molecular weight is 304 g/mol. The lowest BCUT2D eigenvalue weighted by Gasteiger charge is -2.10. The monoisotopic (exact) mass is 304 g/mol. The summed E-state index contributed by atoms with van der Waals surface area (Å²) in [6.07, 6.45) is 3.82. The lowest BCUT2D eigenvalue weighted by atomic mass is 10.0. The van der Waals surface area contributed by atoms with E-state index in [1.54, 1.807) is 0 Å². The second-order valence-electron chi connectivity index (χ2n) is 5.21. The average Bonchev–Trinajstić information content (AvgIpc) is 2.56. The highest BCUT2D eigenvalue weighted by molar-refractivity contribution is 5.94. The number of benzene rings is 2. The minimum absolute atomic E-state index is 0.202. The number of hydrogen-bond acceptors (Lipinski definition) is 3. The Balaban J connectivity index is 1.82. The maximum atomic E-state index is 11.3. The molecule has 0 atom stereocenters. The highest BCUT2D eigenvalue weighted by Crippen LogP contribution is 2.21. The highest BCUT2D eigenvalue weighted by atomic mass is 16.4. The number of carboxylic acids is 1. The summed E-state index contributed by atoms with van der Waals surface area (Å²) in [5.41, 5.74) is 3.92. The van der Waals surface area contributed by atoms with E-state index in [2.05, 4.69) is 28.5 Å². The molecule has 0 unspecified atom stereocenters. The summed E-state index contributed by atoms with van der Waals surface area (Å²) < 4.78 is 0. The molecule has 4 nitrogen and oxygen atoms in total. The summed E-state index contributed by atoms with van der Waals surface area (Å²) in [5, 5.41) is 12.4. The Hall–Kier alpha value is -3.14. The van der Waals surface area contributed by atoms with Crippen LogP contribution in [-0.4, -0.2) is 16.1 Å². The fourth-order valence-corrected chi connectivity index (χ4v) is 2.43. The SMILES string of the molecule is O=C(O)c1ccncc1Nc1cccc(Cc2ccccc2)c1. The minimum atomic E-state index is -0.977. The molecule has 3 aromatic rings. The number of pyridine rings is 1. The van der Waals surface area contributed by atoms with Gasteiger partial charge in [-0.15, -0.1) is 0 Å². The van der Waals surface area contributed by atoms with Gasteiger partial charge in [0.1, 0.15) is 0 Å². The molecular weight excluding hydrogens is 288 g/mol. The van der Waals surface area contributed by atoms with E-state index >= 15 is 0 Å². The molecule has 0 radical (unpaired) electrons. The van der Waals surface area contributed by atoms with Crippen LogP contribution in [0.2, 0.25) is 0 Å². The predicted molar refractivity (Wildman–Crippen MR) is 90.2 cm³/mol. The van der Waals surface area contributed by atoms with E-state index in [1.165, 1.54) is 24.0 Å². The van der Waals surface area contributed by atoms with Gasteiger partial charge >= 0.3 is 5.97 Å². The minimum Gasteiger partial charge on any atom is -0.478 e. The molecule has 0 aliphatic rings. The molecule has 0 amide bonds. The van der Waals surface area contributed by atoms with Crippen molar-refractivity contribution in [1.29, 1.82) is 0 Å². The van der Waals surface area contributed by atoms with Crippen LogP contribution >= 0.6 is 0 Å². The van der Waals surface area contributed by atoms with Gasteiger partial charge in [-0.2, -0.15) is 0 Å². The van der Waals surface area contributed by atoms with Crippen molar-refractivity contribution in [3.05, 3.63) is 89.7 Å². The van der Waals surface area contributed by atoms with Gasteiger partial charge in [-0.1, -0.05) is 42.5 Å². The van der Waals surface area contributed by atoms with Crippen LogP contribution in [-0.2, 0) is 6.42 Å². The molecule has 3 rings (SSSR count). The standard InChI is InChI=1S/C19H16N2O2/c22-19(23)17-9-10-20-13-18(17)21-16-8-4-7-15(12-16)11-14-5-2-1-3-6-14/h1-10,12-13,21H,11H2,(H,22,23). The number of carboxylic acid groups (broad SMARTS) is 1. The molecule has 0 fully saturated rings. The van der Waals surface area contributed by atoms with Gasteiger partial charge in [-0.05, 0) is 35.7 Å². The second kappa shape index (κ2) is 6.75. The largest absolute Gasteiger partial charge is 0.478 e. The Morgan fingerprint density at radius 1 is 1.00 bits per heavy atom. The van der Waals surface area contributed by atoms with Crippen molar-refractivity contribution in [2.45, 2.75) is 6.42 Å². The summed E-state index contributed by atoms with van der Waals surface area (Å²) in [5.74, 6) is -0.977. The zero-order valence-corrected chi connectivity index (χ0v) is 12.4. The third-order valence-corrected chi connectivity index (χ3v) is 3.51. The summed E-state index contributed by atoms with van der Waals surface area (Å²) >= 11 is 0. The zero-order valence-electron chi connectivity index (χ0n) is 12.4. The zero-order chi connectivity index (χ0) is 16.1. The third-order valence-electron chi connectivity index (χ3n) is 3.51. The van der Waals surface area contributed by atoms with Gasteiger partial charge in [-0.25, -0.2) is 4.79 Å². The molecule has 0 aliphatic carbocycles. The van der Waals surface area contributed by atoms with Gasteiger partial charge in [-0.3, -0.25) is 4.98 Å². The Morgan fingerprint density at radius 2 is 1.78 bits per heavy atom. The van der Waals surface area contributed by atoms with Gasteiger partial charge in [0.05, 0.1) is 17.4 Å². The highest BCUT2D eigenvalue weighted by Gasteiger charge is 2.09. The topological polar surface area (TPSA) is 62.2 Å². The van der Waals surface area contributed by atoms with E-state index < -0.39 is 5.97 Å². The number of aromatic nitrogens is 1. The smallest absolute Gasteiger partial charge is 0.337 e. The maximum absolute atomic E-state index is 11.3. The molecular formula is C19H16N2O2. The van der Waals surface area contributed by atoms with Crippen LogP contribution in [0.1, 0.15) is 21.5 Å². The van der Waals surface area contributed by atoms with E-state index in [9.17, 15) is 9.90 Å². The molecule has 114 valence electrons. The van der Waals surface area contributed by atoms with Crippen LogP contribution < -0.4 is 5.32 Å². The van der Waals surface area contributed by atoms with E-state index in [4.69, 9.17) is 0 Å². The molecule has 0 aliphatic heterocycles. The maximum Gasteiger partial charge on any atom is 0.337 e. The van der Waals surface area contributed by atoms with Gasteiger partial charge in [0.2, 0.25) is 0 Å². The molecule has 1 aromatic heterocycles. The Morgan fingerprint density at radius 3 is 2.57 bits per heavy atom. The third kappa shape index (κ3) is 3.74. The number of rotatable bonds is 5. The molecule has 4 heteroatoms. The van der Waals surface area contributed by atoms with E-state index in [0.717, 1.165) is 17.7 Å². The molecule has 23 heavy (non-hydrogen) atoms. The van der Waals surface area contributed by atoms with Crippen LogP contribution in [0.15, 0.2) is 73.1 Å². The molecule has 1 heterocycles. The van der Waals surface area contributed by atoms with Crippen molar-refractivity contribution >= 4 is 17.3 Å². The molecule has 0 saturated carbocycles. The lowest BCUT2D eigenvalue weighted by molar-refractivity contribution is 0.0698. The first-order valence-corrected chi connectivity index (χ1v) is 7.29. The van der Waals surface area contributed by atoms with Crippen molar-refractivity contribution in [2.75, 3.05) is 5.32 Å². The Labute approximate surface area is 134 Å². The van der Waals surface area contributed by atoms with Crippen molar-refractivity contribution in [1.82, 2.24) is 4.98 Å². The van der Waals surface area contributed by atoms with Crippen molar-refractivity contribution < 1.29 is 9.90 Å². The molecule has 0 bridgehead atoms. The summed E-state index contributed by atoms with van der Waals surface area (Å²) in [7, 11) is 0. The second-order valence-corrected chi connectivity index (χ2v) is 5.21. The van der Waals surface area contributed by atoms with Crippen LogP contribution in [0.4, 0.5) is 11.4 Å². The van der Waals surface area contributed by atoms with Gasteiger partial charge in [0.25, 0.3) is 0 Å². The van der Waals surface area contributed by atoms with Crippen LogP contribution in [0.25, 0.3) is 0 Å². The summed E-state index contributed by atoms with van der Waals surface area (Å²) in [4.78, 5) is 15.2. The number of nitrogens with one attached hydrogen (secondary N) is 1. The van der Waals surface area contributed by atoms with Crippen molar-refractivity contribution in [3.8, 4) is 0 Å². The van der Waals surface area contributed by atoms with Crippen LogP contribution in [0.3, 0.4) is 0 Å². The molecule has 2 aromatic carbocycles. The number of anilines is 2. The van der Waals surface area contributed by atoms with Gasteiger partial charge < -0.3 is 10.4 Å². The van der Waals surface area contributed by atoms with Gasteiger partial charge in [0, 0.05) is 11.9 Å². The Kier molecular flexibility index (Phi) is 4.34. The number of hydrogen-bond donors (Lipinski definition) is 2. The lowest BCUT2D eigenvalue weighted by Crippen LogP contribution is -2.03. The molecule has 0 saturated heterocycles. The number of carbonyl (C=O) groups is 1. The quantitative estimate of drug-likeness (QED) is 0.744.